The number of carbonyl (C=O) groups is 1. The number of pyridine rings is 1. The Morgan fingerprint density at radius 3 is 2.81 bits per heavy atom. The molecular formula is C17H18ClN3O4S. The number of benzene rings is 1. The second-order valence-corrected chi connectivity index (χ2v) is 8.16. The molecule has 7 nitrogen and oxygen atoms in total. The molecule has 1 N–H and O–H groups in total. The first-order valence-electron chi connectivity index (χ1n) is 7.86. The number of hydrogen-bond acceptors (Lipinski definition) is 5. The van der Waals surface area contributed by atoms with Crippen LogP contribution in [0.1, 0.15) is 21.5 Å². The lowest BCUT2D eigenvalue weighted by molar-refractivity contribution is 0.0734. The van der Waals surface area contributed by atoms with Gasteiger partial charge in [0.25, 0.3) is 5.91 Å². The van der Waals surface area contributed by atoms with Gasteiger partial charge in [0.2, 0.25) is 15.9 Å². The molecule has 1 aliphatic rings. The number of ether oxygens (including phenoxy) is 1. The summed E-state index contributed by atoms with van der Waals surface area (Å²) in [6.07, 6.45) is 3.10. The van der Waals surface area contributed by atoms with Gasteiger partial charge >= 0.3 is 0 Å². The largest absolute Gasteiger partial charge is 0.480 e. The van der Waals surface area contributed by atoms with E-state index in [1.165, 1.54) is 19.4 Å². The maximum absolute atomic E-state index is 12.8. The van der Waals surface area contributed by atoms with Crippen molar-refractivity contribution in [2.45, 2.75) is 13.0 Å². The first-order chi connectivity index (χ1) is 12.3. The molecule has 0 fully saturated rings. The molecule has 0 aliphatic carbocycles. The third-order valence-electron chi connectivity index (χ3n) is 4.10. The van der Waals surface area contributed by atoms with Gasteiger partial charge < -0.3 is 9.64 Å². The summed E-state index contributed by atoms with van der Waals surface area (Å²) in [5, 5.41) is 0.274. The van der Waals surface area contributed by atoms with Crippen LogP contribution in [0.5, 0.6) is 5.88 Å². The number of halogens is 1. The molecule has 1 aromatic carbocycles. The molecule has 1 amide bonds. The monoisotopic (exact) mass is 395 g/mol. The summed E-state index contributed by atoms with van der Waals surface area (Å²) in [6, 6.07) is 6.92. The number of sulfonamides is 1. The minimum atomic E-state index is -3.36. The molecule has 0 unspecified atom stereocenters. The van der Waals surface area contributed by atoms with E-state index in [1.807, 2.05) is 6.07 Å². The highest BCUT2D eigenvalue weighted by Crippen LogP contribution is 2.28. The van der Waals surface area contributed by atoms with Gasteiger partial charge in [-0.15, -0.1) is 0 Å². The van der Waals surface area contributed by atoms with Crippen LogP contribution in [0.2, 0.25) is 5.02 Å². The molecule has 26 heavy (non-hydrogen) atoms. The van der Waals surface area contributed by atoms with E-state index in [-0.39, 0.29) is 16.8 Å². The number of carbonyl (C=O) groups excluding carboxylic acids is 1. The van der Waals surface area contributed by atoms with Crippen LogP contribution in [-0.2, 0) is 23.0 Å². The van der Waals surface area contributed by atoms with Crippen molar-refractivity contribution in [1.82, 2.24) is 9.88 Å². The van der Waals surface area contributed by atoms with E-state index in [9.17, 15) is 13.2 Å². The molecule has 1 aliphatic heterocycles. The molecular weight excluding hydrogens is 378 g/mol. The van der Waals surface area contributed by atoms with E-state index in [4.69, 9.17) is 16.3 Å². The Morgan fingerprint density at radius 2 is 2.15 bits per heavy atom. The maximum atomic E-state index is 12.8. The Morgan fingerprint density at radius 1 is 1.38 bits per heavy atom. The van der Waals surface area contributed by atoms with Crippen LogP contribution in [0.25, 0.3) is 0 Å². The number of hydrogen-bond donors (Lipinski definition) is 1. The topological polar surface area (TPSA) is 88.6 Å². The Bertz CT molecular complexity index is 962. The van der Waals surface area contributed by atoms with E-state index >= 15 is 0 Å². The fourth-order valence-electron chi connectivity index (χ4n) is 2.95. The van der Waals surface area contributed by atoms with Crippen LogP contribution in [0, 0.1) is 0 Å². The van der Waals surface area contributed by atoms with Crippen LogP contribution >= 0.6 is 11.6 Å². The highest BCUT2D eigenvalue weighted by molar-refractivity contribution is 7.92. The summed E-state index contributed by atoms with van der Waals surface area (Å²) < 4.78 is 30.6. The Hall–Kier alpha value is -2.32. The predicted octanol–water partition coefficient (Wildman–Crippen LogP) is 2.31. The number of nitrogens with zero attached hydrogens (tertiary/aromatic N) is 2. The van der Waals surface area contributed by atoms with Gasteiger partial charge in [0.15, 0.2) is 0 Å². The molecule has 0 spiro atoms. The van der Waals surface area contributed by atoms with Gasteiger partial charge in [0, 0.05) is 19.3 Å². The van der Waals surface area contributed by atoms with Crippen molar-refractivity contribution in [1.29, 1.82) is 0 Å². The number of anilines is 1. The number of amides is 1. The molecule has 0 radical (unpaired) electrons. The van der Waals surface area contributed by atoms with Crippen LogP contribution in [0.3, 0.4) is 0 Å². The molecule has 0 saturated carbocycles. The average molecular weight is 396 g/mol. The molecule has 0 atom stereocenters. The summed E-state index contributed by atoms with van der Waals surface area (Å²) in [5.41, 5.74) is 2.76. The predicted molar refractivity (Wildman–Crippen MR) is 99.2 cm³/mol. The third-order valence-corrected chi connectivity index (χ3v) is 4.96. The minimum Gasteiger partial charge on any atom is -0.480 e. The molecule has 9 heteroatoms. The molecule has 138 valence electrons. The van der Waals surface area contributed by atoms with Crippen molar-refractivity contribution in [2.75, 3.05) is 24.6 Å². The van der Waals surface area contributed by atoms with Gasteiger partial charge in [0.1, 0.15) is 5.02 Å². The lowest BCUT2D eigenvalue weighted by Gasteiger charge is -2.30. The summed E-state index contributed by atoms with van der Waals surface area (Å²) in [6.45, 7) is 0.856. The molecule has 2 aromatic rings. The Labute approximate surface area is 157 Å². The quantitative estimate of drug-likeness (QED) is 0.858. The van der Waals surface area contributed by atoms with Gasteiger partial charge in [-0.25, -0.2) is 13.4 Å². The molecule has 2 heterocycles. The zero-order valence-corrected chi connectivity index (χ0v) is 15.9. The van der Waals surface area contributed by atoms with Crippen LogP contribution in [0.4, 0.5) is 5.69 Å². The van der Waals surface area contributed by atoms with E-state index < -0.39 is 10.0 Å². The zero-order chi connectivity index (χ0) is 18.9. The molecule has 1 aromatic heterocycles. The van der Waals surface area contributed by atoms with E-state index in [1.54, 1.807) is 17.0 Å². The van der Waals surface area contributed by atoms with Crippen molar-refractivity contribution in [3.63, 3.8) is 0 Å². The summed E-state index contributed by atoms with van der Waals surface area (Å²) in [7, 11) is -1.90. The highest BCUT2D eigenvalue weighted by Gasteiger charge is 2.24. The number of nitrogens with one attached hydrogen (secondary N) is 1. The second kappa shape index (κ2) is 7.13. The first-order valence-corrected chi connectivity index (χ1v) is 10.1. The van der Waals surface area contributed by atoms with E-state index in [0.717, 1.165) is 17.4 Å². The lowest BCUT2D eigenvalue weighted by Crippen LogP contribution is -2.36. The number of fused-ring (bicyclic) bond motifs is 1. The Balaban J connectivity index is 1.83. The second-order valence-electron chi connectivity index (χ2n) is 6.01. The van der Waals surface area contributed by atoms with Crippen LogP contribution in [-0.4, -0.2) is 44.1 Å². The van der Waals surface area contributed by atoms with Gasteiger partial charge in [-0.1, -0.05) is 23.7 Å². The smallest absolute Gasteiger partial charge is 0.255 e. The van der Waals surface area contributed by atoms with Crippen molar-refractivity contribution in [2.24, 2.45) is 0 Å². The lowest BCUT2D eigenvalue weighted by atomic mass is 9.97. The van der Waals surface area contributed by atoms with Crippen LogP contribution < -0.4 is 9.46 Å². The maximum Gasteiger partial charge on any atom is 0.255 e. The van der Waals surface area contributed by atoms with Crippen LogP contribution in [0.15, 0.2) is 30.5 Å². The van der Waals surface area contributed by atoms with Crippen molar-refractivity contribution in [3.8, 4) is 5.88 Å². The van der Waals surface area contributed by atoms with Gasteiger partial charge in [0.05, 0.1) is 24.6 Å². The molecule has 0 saturated heterocycles. The number of aromatic nitrogens is 1. The van der Waals surface area contributed by atoms with Gasteiger partial charge in [-0.2, -0.15) is 0 Å². The van der Waals surface area contributed by atoms with E-state index in [2.05, 4.69) is 9.71 Å². The average Bonchev–Trinajstić information content (AvgIpc) is 2.59. The molecule has 3 rings (SSSR count). The fourth-order valence-corrected chi connectivity index (χ4v) is 3.79. The Kier molecular flexibility index (Phi) is 5.06. The molecule has 0 bridgehead atoms. The number of methoxy groups -OCH3 is 1. The van der Waals surface area contributed by atoms with Gasteiger partial charge in [-0.3, -0.25) is 9.52 Å². The third kappa shape index (κ3) is 3.91. The normalized spacial score (nSPS) is 13.9. The van der Waals surface area contributed by atoms with Crippen molar-refractivity contribution < 1.29 is 17.9 Å². The van der Waals surface area contributed by atoms with E-state index in [0.29, 0.717) is 30.8 Å². The highest BCUT2D eigenvalue weighted by atomic mass is 35.5. The minimum absolute atomic E-state index is 0.186. The summed E-state index contributed by atoms with van der Waals surface area (Å²) in [5.74, 6) is 0.0814. The zero-order valence-electron chi connectivity index (χ0n) is 14.3. The SMILES string of the molecule is COc1ncc(C(=O)N2CCc3c(cccc3NS(C)(=O)=O)C2)cc1Cl. The standard InChI is InChI=1S/C17H18ClN3O4S/c1-25-16-14(18)8-12(9-19-16)17(22)21-7-6-13-11(10-21)4-3-5-15(13)20-26(2,23)24/h3-5,8-9,20H,6-7,10H2,1-2H3. The first kappa shape index (κ1) is 18.5. The summed E-state index contributed by atoms with van der Waals surface area (Å²) in [4.78, 5) is 18.5. The van der Waals surface area contributed by atoms with Crippen molar-refractivity contribution in [3.05, 3.63) is 52.2 Å². The fraction of sp³-hybridized carbons (Fsp3) is 0.294. The summed E-state index contributed by atoms with van der Waals surface area (Å²) >= 11 is 6.05. The number of rotatable bonds is 4. The van der Waals surface area contributed by atoms with Gasteiger partial charge in [-0.05, 0) is 29.7 Å². The van der Waals surface area contributed by atoms with Crippen molar-refractivity contribution >= 4 is 33.2 Å².